The zero-order valence-electron chi connectivity index (χ0n) is 14.4. The van der Waals surface area contributed by atoms with Crippen LogP contribution in [0.5, 0.6) is 0 Å². The Kier molecular flexibility index (Phi) is 5.21. The van der Waals surface area contributed by atoms with Crippen molar-refractivity contribution in [1.82, 2.24) is 4.57 Å². The molecule has 0 fully saturated rings. The van der Waals surface area contributed by atoms with E-state index >= 15 is 0 Å². The van der Waals surface area contributed by atoms with Gasteiger partial charge >= 0.3 is 12.1 Å². The molecule has 0 spiro atoms. The Morgan fingerprint density at radius 2 is 1.64 bits per heavy atom. The van der Waals surface area contributed by atoms with Gasteiger partial charge in [-0.1, -0.05) is 36.4 Å². The van der Waals surface area contributed by atoms with Crippen molar-refractivity contribution in [3.63, 3.8) is 0 Å². The average molecular weight is 388 g/mol. The summed E-state index contributed by atoms with van der Waals surface area (Å²) in [7, 11) is 0. The summed E-state index contributed by atoms with van der Waals surface area (Å²) in [6.45, 7) is 0.345. The van der Waals surface area contributed by atoms with E-state index in [1.165, 1.54) is 18.5 Å². The molecule has 0 bridgehead atoms. The Bertz CT molecular complexity index is 1010. The topological polar surface area (TPSA) is 71.3 Å². The second kappa shape index (κ2) is 7.59. The van der Waals surface area contributed by atoms with Gasteiger partial charge in [0, 0.05) is 24.6 Å². The molecular formula is C20H15F3N2O3. The fraction of sp³-hybridized carbons (Fsp3) is 0.100. The van der Waals surface area contributed by atoms with Crippen LogP contribution in [0, 0.1) is 0 Å². The quantitative estimate of drug-likeness (QED) is 0.676. The first-order valence-corrected chi connectivity index (χ1v) is 8.19. The molecule has 0 atom stereocenters. The third-order valence-electron chi connectivity index (χ3n) is 4.01. The van der Waals surface area contributed by atoms with Gasteiger partial charge in [0.1, 0.15) is 0 Å². The van der Waals surface area contributed by atoms with Gasteiger partial charge in [-0.15, -0.1) is 0 Å². The molecule has 2 N–H and O–H groups in total. The summed E-state index contributed by atoms with van der Waals surface area (Å²) in [5.41, 5.74) is -0.460. The lowest BCUT2D eigenvalue weighted by molar-refractivity contribution is -0.137. The molecule has 5 nitrogen and oxygen atoms in total. The van der Waals surface area contributed by atoms with Crippen LogP contribution in [-0.2, 0) is 12.7 Å². The molecule has 0 saturated carbocycles. The molecule has 0 aliphatic rings. The van der Waals surface area contributed by atoms with Gasteiger partial charge in [-0.3, -0.25) is 4.79 Å². The zero-order valence-corrected chi connectivity index (χ0v) is 14.4. The van der Waals surface area contributed by atoms with Crippen molar-refractivity contribution < 1.29 is 27.9 Å². The number of benzene rings is 2. The monoisotopic (exact) mass is 388 g/mol. The van der Waals surface area contributed by atoms with Crippen molar-refractivity contribution in [2.45, 2.75) is 12.7 Å². The third-order valence-corrected chi connectivity index (χ3v) is 4.01. The molecule has 0 saturated heterocycles. The Balaban J connectivity index is 1.86. The Hall–Kier alpha value is -3.55. The van der Waals surface area contributed by atoms with Gasteiger partial charge in [-0.2, -0.15) is 13.2 Å². The predicted octanol–water partition coefficient (Wildman–Crippen LogP) is 4.51. The van der Waals surface area contributed by atoms with Crippen LogP contribution in [0.4, 0.5) is 18.9 Å². The van der Waals surface area contributed by atoms with Gasteiger partial charge in [0.2, 0.25) is 0 Å². The number of alkyl halides is 3. The number of carbonyl (C=O) groups excluding carboxylic acids is 1. The summed E-state index contributed by atoms with van der Waals surface area (Å²) in [6, 6.07) is 13.3. The number of hydrogen-bond donors (Lipinski definition) is 2. The average Bonchev–Trinajstić information content (AvgIpc) is 3.06. The van der Waals surface area contributed by atoms with Crippen LogP contribution in [0.25, 0.3) is 0 Å². The summed E-state index contributed by atoms with van der Waals surface area (Å²) in [4.78, 5) is 24.0. The fourth-order valence-corrected chi connectivity index (χ4v) is 2.72. The minimum absolute atomic E-state index is 0.0769. The van der Waals surface area contributed by atoms with E-state index in [0.29, 0.717) is 6.54 Å². The Morgan fingerprint density at radius 3 is 2.29 bits per heavy atom. The minimum atomic E-state index is -4.55. The Labute approximate surface area is 158 Å². The van der Waals surface area contributed by atoms with Gasteiger partial charge < -0.3 is 15.0 Å². The zero-order chi connectivity index (χ0) is 20.3. The predicted molar refractivity (Wildman–Crippen MR) is 96.3 cm³/mol. The van der Waals surface area contributed by atoms with E-state index in [4.69, 9.17) is 0 Å². The highest BCUT2D eigenvalue weighted by atomic mass is 19.4. The van der Waals surface area contributed by atoms with E-state index in [9.17, 15) is 27.9 Å². The van der Waals surface area contributed by atoms with E-state index in [-0.39, 0.29) is 16.8 Å². The first-order valence-electron chi connectivity index (χ1n) is 8.19. The summed E-state index contributed by atoms with van der Waals surface area (Å²) in [5.74, 6) is -2.11. The molecule has 0 radical (unpaired) electrons. The van der Waals surface area contributed by atoms with Gasteiger partial charge in [0.05, 0.1) is 16.7 Å². The number of hydrogen-bond acceptors (Lipinski definition) is 2. The molecule has 1 heterocycles. The summed E-state index contributed by atoms with van der Waals surface area (Å²) < 4.78 is 40.0. The van der Waals surface area contributed by atoms with Crippen LogP contribution in [-0.4, -0.2) is 21.6 Å². The molecular weight excluding hydrogens is 373 g/mol. The maximum atomic E-state index is 12.8. The number of nitrogens with one attached hydrogen (secondary N) is 1. The lowest BCUT2D eigenvalue weighted by Gasteiger charge is -2.09. The van der Waals surface area contributed by atoms with Crippen molar-refractivity contribution in [1.29, 1.82) is 0 Å². The van der Waals surface area contributed by atoms with Crippen molar-refractivity contribution >= 4 is 17.6 Å². The van der Waals surface area contributed by atoms with E-state index in [2.05, 4.69) is 5.32 Å². The number of aromatic carboxylic acids is 1. The number of anilines is 1. The molecule has 3 aromatic rings. The second-order valence-electron chi connectivity index (χ2n) is 6.08. The maximum Gasteiger partial charge on any atom is 0.416 e. The van der Waals surface area contributed by atoms with Crippen LogP contribution in [0.1, 0.15) is 31.8 Å². The number of carbonyl (C=O) groups is 2. The smallest absolute Gasteiger partial charge is 0.416 e. The second-order valence-corrected chi connectivity index (χ2v) is 6.08. The van der Waals surface area contributed by atoms with Crippen LogP contribution in [0.2, 0.25) is 0 Å². The molecule has 3 rings (SSSR count). The highest BCUT2D eigenvalue weighted by Crippen LogP contribution is 2.30. The van der Waals surface area contributed by atoms with E-state index in [0.717, 1.165) is 23.8 Å². The lowest BCUT2D eigenvalue weighted by atomic mass is 10.1. The number of rotatable bonds is 5. The molecule has 8 heteroatoms. The number of amides is 1. The van der Waals surface area contributed by atoms with E-state index < -0.39 is 23.6 Å². The van der Waals surface area contributed by atoms with Crippen molar-refractivity contribution in [3.8, 4) is 0 Å². The van der Waals surface area contributed by atoms with Crippen molar-refractivity contribution in [3.05, 3.63) is 89.2 Å². The highest BCUT2D eigenvalue weighted by Gasteiger charge is 2.30. The molecule has 0 unspecified atom stereocenters. The number of nitrogens with zero attached hydrogens (tertiary/aromatic N) is 1. The molecule has 1 amide bonds. The van der Waals surface area contributed by atoms with Crippen molar-refractivity contribution in [2.75, 3.05) is 5.32 Å². The summed E-state index contributed by atoms with van der Waals surface area (Å²) >= 11 is 0. The normalized spacial score (nSPS) is 11.2. The van der Waals surface area contributed by atoms with Crippen molar-refractivity contribution in [2.24, 2.45) is 0 Å². The highest BCUT2D eigenvalue weighted by molar-refractivity contribution is 6.10. The molecule has 144 valence electrons. The number of aromatic nitrogens is 1. The van der Waals surface area contributed by atoms with Crippen LogP contribution >= 0.6 is 0 Å². The standard InChI is InChI=1S/C20H15F3N2O3/c21-20(22,23)14-7-4-8-15(9-14)24-18(26)16-11-25(12-17(16)19(27)28)10-13-5-2-1-3-6-13/h1-9,11-12H,10H2,(H,24,26)(H,27,28). The van der Waals surface area contributed by atoms with E-state index in [1.54, 1.807) is 4.57 Å². The molecule has 0 aliphatic carbocycles. The van der Waals surface area contributed by atoms with Crippen LogP contribution in [0.15, 0.2) is 67.0 Å². The first kappa shape index (κ1) is 19.2. The molecule has 0 aliphatic heterocycles. The summed E-state index contributed by atoms with van der Waals surface area (Å²) in [6.07, 6.45) is -1.87. The van der Waals surface area contributed by atoms with Gasteiger partial charge in [-0.05, 0) is 23.8 Å². The number of halogens is 3. The van der Waals surface area contributed by atoms with Gasteiger partial charge in [0.25, 0.3) is 5.91 Å². The number of carboxylic acid groups (broad SMARTS) is 1. The maximum absolute atomic E-state index is 12.8. The SMILES string of the molecule is O=C(O)c1cn(Cc2ccccc2)cc1C(=O)Nc1cccc(C(F)(F)F)c1. The third kappa shape index (κ3) is 4.40. The molecule has 1 aromatic heterocycles. The minimum Gasteiger partial charge on any atom is -0.478 e. The van der Waals surface area contributed by atoms with E-state index in [1.807, 2.05) is 30.3 Å². The largest absolute Gasteiger partial charge is 0.478 e. The van der Waals surface area contributed by atoms with Crippen LogP contribution in [0.3, 0.4) is 0 Å². The van der Waals surface area contributed by atoms with Crippen LogP contribution < -0.4 is 5.32 Å². The Morgan fingerprint density at radius 1 is 0.964 bits per heavy atom. The summed E-state index contributed by atoms with van der Waals surface area (Å²) in [5, 5.41) is 11.7. The molecule has 28 heavy (non-hydrogen) atoms. The fourth-order valence-electron chi connectivity index (χ4n) is 2.72. The van der Waals surface area contributed by atoms with Gasteiger partial charge in [-0.25, -0.2) is 4.79 Å². The van der Waals surface area contributed by atoms with Gasteiger partial charge in [0.15, 0.2) is 0 Å². The number of carboxylic acids is 1. The molecule has 2 aromatic carbocycles. The first-order chi connectivity index (χ1) is 13.2. The lowest BCUT2D eigenvalue weighted by Crippen LogP contribution is -2.15.